The van der Waals surface area contributed by atoms with E-state index in [1.54, 1.807) is 19.3 Å². The van der Waals surface area contributed by atoms with Crippen LogP contribution in [0.5, 0.6) is 17.2 Å². The van der Waals surface area contributed by atoms with Crippen LogP contribution in [0, 0.1) is 15.9 Å². The van der Waals surface area contributed by atoms with E-state index in [1.165, 1.54) is 41.6 Å². The second-order valence-electron chi connectivity index (χ2n) is 9.22. The van der Waals surface area contributed by atoms with Crippen molar-refractivity contribution in [2.24, 2.45) is 10.1 Å². The molecule has 0 aliphatic carbocycles. The van der Waals surface area contributed by atoms with E-state index in [9.17, 15) is 4.79 Å². The Bertz CT molecular complexity index is 1310. The predicted molar refractivity (Wildman–Crippen MR) is 166 cm³/mol. The maximum Gasteiger partial charge on any atom is 0.283 e. The zero-order chi connectivity index (χ0) is 27.8. The Balaban J connectivity index is 1.41. The SMILES string of the molecule is CCCCCCCC1=NN2C(=N)/C(=C\c3cc(I)c(OCCOc4ccc(C)cc4)c(OC)c3)C(=O)N=C2S1. The van der Waals surface area contributed by atoms with Gasteiger partial charge in [0, 0.05) is 0 Å². The number of unbranched alkanes of at least 4 members (excludes halogenated alkanes) is 4. The van der Waals surface area contributed by atoms with Crippen molar-refractivity contribution in [1.82, 2.24) is 5.01 Å². The molecule has 0 saturated heterocycles. The fraction of sp³-hybridized carbons (Fsp3) is 0.379. The van der Waals surface area contributed by atoms with E-state index in [0.29, 0.717) is 35.4 Å². The first-order chi connectivity index (χ1) is 18.9. The minimum Gasteiger partial charge on any atom is -0.493 e. The summed E-state index contributed by atoms with van der Waals surface area (Å²) in [6, 6.07) is 11.5. The zero-order valence-corrected chi connectivity index (χ0v) is 25.4. The highest BCUT2D eigenvalue weighted by Gasteiger charge is 2.35. The Kier molecular flexibility index (Phi) is 10.4. The van der Waals surface area contributed by atoms with E-state index < -0.39 is 5.91 Å². The van der Waals surface area contributed by atoms with E-state index in [-0.39, 0.29) is 11.4 Å². The normalized spacial score (nSPS) is 15.8. The van der Waals surface area contributed by atoms with Gasteiger partial charge >= 0.3 is 0 Å². The Morgan fingerprint density at radius 3 is 2.56 bits per heavy atom. The molecule has 0 bridgehead atoms. The Hall–Kier alpha value is -2.86. The summed E-state index contributed by atoms with van der Waals surface area (Å²) in [7, 11) is 1.57. The van der Waals surface area contributed by atoms with Crippen LogP contribution in [-0.2, 0) is 4.79 Å². The number of aliphatic imine (C=N–C) groups is 1. The van der Waals surface area contributed by atoms with E-state index in [1.807, 2.05) is 37.3 Å². The average Bonchev–Trinajstić information content (AvgIpc) is 3.33. The summed E-state index contributed by atoms with van der Waals surface area (Å²) in [5.74, 6) is 1.50. The second-order valence-corrected chi connectivity index (χ2v) is 11.4. The van der Waals surface area contributed by atoms with E-state index in [0.717, 1.165) is 33.6 Å². The highest BCUT2D eigenvalue weighted by atomic mass is 127. The van der Waals surface area contributed by atoms with Crippen LogP contribution in [-0.4, -0.2) is 47.3 Å². The maximum atomic E-state index is 12.8. The molecule has 0 unspecified atom stereocenters. The van der Waals surface area contributed by atoms with Gasteiger partial charge in [0.15, 0.2) is 17.3 Å². The third-order valence-corrected chi connectivity index (χ3v) is 7.94. The number of hydrogen-bond donors (Lipinski definition) is 1. The number of hydrogen-bond acceptors (Lipinski definition) is 7. The standard InChI is InChI=1S/C29H33IN4O4S/c1-4-5-6-7-8-9-25-33-34-27(31)22(28(35)32-29(34)39-25)16-20-17-23(30)26(24(18-20)36-3)38-15-14-37-21-12-10-19(2)11-13-21/h10-13,16-18,31H,4-9,14-15H2,1-3H3/b22-16+,31-27?. The summed E-state index contributed by atoms with van der Waals surface area (Å²) in [6.45, 7) is 4.96. The quantitative estimate of drug-likeness (QED) is 0.141. The molecule has 8 nitrogen and oxygen atoms in total. The van der Waals surface area contributed by atoms with Crippen LogP contribution in [0.1, 0.15) is 56.6 Å². The molecule has 2 aromatic carbocycles. The van der Waals surface area contributed by atoms with Crippen molar-refractivity contribution in [2.45, 2.75) is 52.4 Å². The molecular weight excluding hydrogens is 627 g/mol. The maximum absolute atomic E-state index is 12.8. The lowest BCUT2D eigenvalue weighted by molar-refractivity contribution is -0.114. The molecule has 1 amide bonds. The van der Waals surface area contributed by atoms with Crippen molar-refractivity contribution in [2.75, 3.05) is 20.3 Å². The number of halogens is 1. The number of rotatable bonds is 13. The van der Waals surface area contributed by atoms with Gasteiger partial charge in [-0.05, 0) is 90.0 Å². The van der Waals surface area contributed by atoms with Crippen LogP contribution >= 0.6 is 34.4 Å². The van der Waals surface area contributed by atoms with Crippen molar-refractivity contribution in [3.05, 3.63) is 56.7 Å². The highest BCUT2D eigenvalue weighted by Crippen LogP contribution is 2.36. The summed E-state index contributed by atoms with van der Waals surface area (Å²) in [5.41, 5.74) is 2.07. The molecule has 1 N–H and O–H groups in total. The predicted octanol–water partition coefficient (Wildman–Crippen LogP) is 7.05. The van der Waals surface area contributed by atoms with Gasteiger partial charge in [0.25, 0.3) is 5.91 Å². The molecule has 2 aliphatic rings. The van der Waals surface area contributed by atoms with Gasteiger partial charge in [-0.25, -0.2) is 0 Å². The monoisotopic (exact) mass is 660 g/mol. The number of methoxy groups -OCH3 is 1. The lowest BCUT2D eigenvalue weighted by atomic mass is 10.1. The van der Waals surface area contributed by atoms with Gasteiger partial charge in [0.1, 0.15) is 24.0 Å². The molecule has 0 atom stereocenters. The van der Waals surface area contributed by atoms with Crippen LogP contribution in [0.25, 0.3) is 6.08 Å². The molecule has 0 radical (unpaired) electrons. The van der Waals surface area contributed by atoms with E-state index >= 15 is 0 Å². The molecule has 206 valence electrons. The van der Waals surface area contributed by atoms with Crippen molar-refractivity contribution >= 4 is 62.4 Å². The van der Waals surface area contributed by atoms with Gasteiger partial charge < -0.3 is 14.2 Å². The Morgan fingerprint density at radius 1 is 1.08 bits per heavy atom. The molecule has 39 heavy (non-hydrogen) atoms. The first-order valence-electron chi connectivity index (χ1n) is 13.1. The molecule has 0 aromatic heterocycles. The van der Waals surface area contributed by atoms with Crippen molar-refractivity contribution < 1.29 is 19.0 Å². The lowest BCUT2D eigenvalue weighted by Gasteiger charge is -2.20. The number of benzene rings is 2. The second kappa shape index (κ2) is 14.0. The molecule has 0 fully saturated rings. The Labute approximate surface area is 247 Å². The number of thioether (sulfide) groups is 1. The number of fused-ring (bicyclic) bond motifs is 1. The largest absolute Gasteiger partial charge is 0.493 e. The van der Waals surface area contributed by atoms with Gasteiger partial charge in [-0.3, -0.25) is 10.2 Å². The van der Waals surface area contributed by atoms with Crippen LogP contribution in [0.2, 0.25) is 0 Å². The van der Waals surface area contributed by atoms with E-state index in [2.05, 4.69) is 39.6 Å². The molecular formula is C29H33IN4O4S. The van der Waals surface area contributed by atoms with Gasteiger partial charge in [-0.15, -0.1) is 0 Å². The number of amidine groups is 2. The third-order valence-electron chi connectivity index (χ3n) is 6.17. The van der Waals surface area contributed by atoms with Crippen LogP contribution in [0.15, 0.2) is 52.1 Å². The summed E-state index contributed by atoms with van der Waals surface area (Å²) in [4.78, 5) is 17.1. The number of carbonyl (C=O) groups excluding carboxylic acids is 1. The molecule has 10 heteroatoms. The fourth-order valence-electron chi connectivity index (χ4n) is 4.08. The zero-order valence-electron chi connectivity index (χ0n) is 22.5. The molecule has 0 saturated carbocycles. The first kappa shape index (κ1) is 29.1. The lowest BCUT2D eigenvalue weighted by Crippen LogP contribution is -2.35. The summed E-state index contributed by atoms with van der Waals surface area (Å²) in [5, 5.41) is 16.1. The average molecular weight is 661 g/mol. The number of nitrogens with zero attached hydrogens (tertiary/aromatic N) is 3. The summed E-state index contributed by atoms with van der Waals surface area (Å²) in [6.07, 6.45) is 8.35. The highest BCUT2D eigenvalue weighted by molar-refractivity contribution is 14.1. The molecule has 2 aromatic rings. The molecule has 0 spiro atoms. The van der Waals surface area contributed by atoms with Crippen LogP contribution in [0.3, 0.4) is 0 Å². The van der Waals surface area contributed by atoms with Gasteiger partial charge in [-0.2, -0.15) is 15.1 Å². The number of aryl methyl sites for hydroxylation is 1. The Morgan fingerprint density at radius 2 is 1.82 bits per heavy atom. The van der Waals surface area contributed by atoms with Gasteiger partial charge in [0.05, 0.1) is 16.3 Å². The number of ether oxygens (including phenoxy) is 3. The number of carbonyl (C=O) groups is 1. The number of nitrogens with one attached hydrogen (secondary N) is 1. The minimum atomic E-state index is -0.444. The first-order valence-corrected chi connectivity index (χ1v) is 15.0. The van der Waals surface area contributed by atoms with Crippen molar-refractivity contribution in [3.8, 4) is 17.2 Å². The van der Waals surface area contributed by atoms with Crippen LogP contribution in [0.4, 0.5) is 0 Å². The molecule has 2 heterocycles. The van der Waals surface area contributed by atoms with Gasteiger partial charge in [-0.1, -0.05) is 50.3 Å². The number of hydrazone groups is 1. The number of amides is 1. The smallest absolute Gasteiger partial charge is 0.283 e. The van der Waals surface area contributed by atoms with Crippen molar-refractivity contribution in [1.29, 1.82) is 5.41 Å². The van der Waals surface area contributed by atoms with E-state index in [4.69, 9.17) is 19.6 Å². The topological polar surface area (TPSA) is 96.6 Å². The summed E-state index contributed by atoms with van der Waals surface area (Å²) >= 11 is 3.56. The van der Waals surface area contributed by atoms with Gasteiger partial charge in [0.2, 0.25) is 5.17 Å². The fourth-order valence-corrected chi connectivity index (χ4v) is 5.79. The third kappa shape index (κ3) is 7.63. The minimum absolute atomic E-state index is 0.0287. The van der Waals surface area contributed by atoms with Crippen molar-refractivity contribution in [3.63, 3.8) is 0 Å². The summed E-state index contributed by atoms with van der Waals surface area (Å²) < 4.78 is 18.1. The van der Waals surface area contributed by atoms with Crippen LogP contribution < -0.4 is 14.2 Å². The molecule has 2 aliphatic heterocycles. The molecule has 4 rings (SSSR count).